The molecule has 0 bridgehead atoms. The quantitative estimate of drug-likeness (QED) is 0.789. The maximum absolute atomic E-state index is 12.3. The molecule has 3 rings (SSSR count). The molecule has 0 aromatic heterocycles. The van der Waals surface area contributed by atoms with E-state index in [2.05, 4.69) is 0 Å². The summed E-state index contributed by atoms with van der Waals surface area (Å²) in [4.78, 5) is 14.1. The number of nitrogens with zero attached hydrogens (tertiary/aromatic N) is 1. The van der Waals surface area contributed by atoms with E-state index in [1.165, 1.54) is 0 Å². The first-order valence-electron chi connectivity index (χ1n) is 8.99. The molecule has 2 aromatic rings. The lowest BCUT2D eigenvalue weighted by atomic mass is 9.94. The molecule has 0 aliphatic carbocycles. The van der Waals surface area contributed by atoms with E-state index in [0.717, 1.165) is 28.8 Å². The van der Waals surface area contributed by atoms with Gasteiger partial charge in [0.15, 0.2) is 23.0 Å². The van der Waals surface area contributed by atoms with Crippen molar-refractivity contribution in [3.8, 4) is 23.0 Å². The van der Waals surface area contributed by atoms with E-state index in [1.807, 2.05) is 36.4 Å². The third-order valence-corrected chi connectivity index (χ3v) is 4.87. The summed E-state index contributed by atoms with van der Waals surface area (Å²) in [6.07, 6.45) is 2.73. The van der Waals surface area contributed by atoms with Gasteiger partial charge in [-0.25, -0.2) is 0 Å². The average molecular weight is 383 g/mol. The zero-order valence-electron chi connectivity index (χ0n) is 16.9. The fraction of sp³-hybridized carbons (Fsp3) is 0.318. The minimum atomic E-state index is -0.00726. The summed E-state index contributed by atoms with van der Waals surface area (Å²) in [7, 11) is 6.43. The first-order valence-corrected chi connectivity index (χ1v) is 8.99. The Bertz CT molecular complexity index is 919. The Morgan fingerprint density at radius 2 is 1.50 bits per heavy atom. The highest BCUT2D eigenvalue weighted by atomic mass is 16.5. The van der Waals surface area contributed by atoms with E-state index in [0.29, 0.717) is 29.5 Å². The van der Waals surface area contributed by atoms with Crippen LogP contribution >= 0.6 is 0 Å². The number of carbonyl (C=O) groups is 1. The van der Waals surface area contributed by atoms with Crippen molar-refractivity contribution >= 4 is 17.7 Å². The van der Waals surface area contributed by atoms with Crippen molar-refractivity contribution < 1.29 is 23.7 Å². The monoisotopic (exact) mass is 383 g/mol. The molecule has 0 saturated carbocycles. The Labute approximate surface area is 165 Å². The van der Waals surface area contributed by atoms with Crippen LogP contribution in [-0.2, 0) is 11.2 Å². The van der Waals surface area contributed by atoms with Crippen molar-refractivity contribution in [2.24, 2.45) is 0 Å². The van der Waals surface area contributed by atoms with Gasteiger partial charge in [-0.1, -0.05) is 6.07 Å². The highest BCUT2D eigenvalue weighted by molar-refractivity contribution is 5.93. The van der Waals surface area contributed by atoms with Crippen molar-refractivity contribution in [3.63, 3.8) is 0 Å². The molecule has 1 aliphatic heterocycles. The van der Waals surface area contributed by atoms with Crippen molar-refractivity contribution in [2.45, 2.75) is 13.3 Å². The summed E-state index contributed by atoms with van der Waals surface area (Å²) < 4.78 is 21.6. The second-order valence-electron chi connectivity index (χ2n) is 6.43. The fourth-order valence-electron chi connectivity index (χ4n) is 3.45. The summed E-state index contributed by atoms with van der Waals surface area (Å²) in [5.74, 6) is 2.60. The molecule has 0 unspecified atom stereocenters. The van der Waals surface area contributed by atoms with E-state index in [1.54, 1.807) is 40.3 Å². The molecule has 1 amide bonds. The standard InChI is InChI=1S/C22H25NO5/c1-14(24)23-9-8-16-12-21(27-4)22(28-5)13-17(16)18(23)10-15-6-7-19(25-2)20(11-15)26-3/h6-7,10-13H,8-9H2,1-5H3/b18-10+. The summed E-state index contributed by atoms with van der Waals surface area (Å²) in [6, 6.07) is 9.58. The molecule has 2 aromatic carbocycles. The van der Waals surface area contributed by atoms with Gasteiger partial charge < -0.3 is 23.8 Å². The lowest BCUT2D eigenvalue weighted by Crippen LogP contribution is -2.33. The van der Waals surface area contributed by atoms with Gasteiger partial charge in [-0.15, -0.1) is 0 Å². The van der Waals surface area contributed by atoms with E-state index >= 15 is 0 Å². The van der Waals surface area contributed by atoms with Crippen LogP contribution in [0.25, 0.3) is 11.8 Å². The second kappa shape index (κ2) is 8.25. The van der Waals surface area contributed by atoms with Gasteiger partial charge in [-0.3, -0.25) is 4.79 Å². The van der Waals surface area contributed by atoms with Crippen LogP contribution in [0.2, 0.25) is 0 Å². The number of ether oxygens (including phenoxy) is 4. The molecular weight excluding hydrogens is 358 g/mol. The number of hydrogen-bond donors (Lipinski definition) is 0. The van der Waals surface area contributed by atoms with Crippen molar-refractivity contribution in [2.75, 3.05) is 35.0 Å². The zero-order chi connectivity index (χ0) is 20.3. The topological polar surface area (TPSA) is 57.2 Å². The molecule has 0 fully saturated rings. The van der Waals surface area contributed by atoms with Crippen LogP contribution in [0.15, 0.2) is 30.3 Å². The third kappa shape index (κ3) is 3.63. The van der Waals surface area contributed by atoms with Crippen molar-refractivity contribution in [1.29, 1.82) is 0 Å². The molecule has 28 heavy (non-hydrogen) atoms. The number of carbonyl (C=O) groups excluding carboxylic acids is 1. The fourth-order valence-corrected chi connectivity index (χ4v) is 3.45. The predicted octanol–water partition coefficient (Wildman–Crippen LogP) is 3.62. The number of benzene rings is 2. The molecule has 1 heterocycles. The van der Waals surface area contributed by atoms with Crippen molar-refractivity contribution in [3.05, 3.63) is 47.0 Å². The second-order valence-corrected chi connectivity index (χ2v) is 6.43. The van der Waals surface area contributed by atoms with E-state index in [4.69, 9.17) is 18.9 Å². The molecule has 0 spiro atoms. The Balaban J connectivity index is 2.16. The smallest absolute Gasteiger partial charge is 0.223 e. The average Bonchev–Trinajstić information content (AvgIpc) is 2.72. The van der Waals surface area contributed by atoms with Crippen LogP contribution in [0, 0.1) is 0 Å². The number of amides is 1. The molecule has 6 heteroatoms. The van der Waals surface area contributed by atoms with Crippen LogP contribution in [0.4, 0.5) is 0 Å². The van der Waals surface area contributed by atoms with Crippen LogP contribution in [0.3, 0.4) is 0 Å². The van der Waals surface area contributed by atoms with E-state index < -0.39 is 0 Å². The van der Waals surface area contributed by atoms with Gasteiger partial charge in [0.05, 0.1) is 34.1 Å². The molecule has 148 valence electrons. The van der Waals surface area contributed by atoms with Gasteiger partial charge in [0.25, 0.3) is 0 Å². The van der Waals surface area contributed by atoms with Gasteiger partial charge in [0.2, 0.25) is 5.91 Å². The molecule has 0 radical (unpaired) electrons. The highest BCUT2D eigenvalue weighted by Crippen LogP contribution is 2.39. The number of rotatable bonds is 5. The van der Waals surface area contributed by atoms with Crippen LogP contribution in [0.1, 0.15) is 23.6 Å². The van der Waals surface area contributed by atoms with Gasteiger partial charge in [0.1, 0.15) is 0 Å². The van der Waals surface area contributed by atoms with Crippen LogP contribution in [0.5, 0.6) is 23.0 Å². The van der Waals surface area contributed by atoms with E-state index in [-0.39, 0.29) is 5.91 Å². The first kappa shape index (κ1) is 19.6. The summed E-state index contributed by atoms with van der Waals surface area (Å²) in [6.45, 7) is 2.19. The SMILES string of the molecule is COc1ccc(/C=C2\c3cc(OC)c(OC)cc3CCN2C(C)=O)cc1OC. The summed E-state index contributed by atoms with van der Waals surface area (Å²) in [5, 5.41) is 0. The summed E-state index contributed by atoms with van der Waals surface area (Å²) >= 11 is 0. The van der Waals surface area contributed by atoms with E-state index in [9.17, 15) is 4.79 Å². The molecule has 0 saturated heterocycles. The Kier molecular flexibility index (Phi) is 5.78. The Morgan fingerprint density at radius 1 is 0.893 bits per heavy atom. The number of hydrogen-bond acceptors (Lipinski definition) is 5. The van der Waals surface area contributed by atoms with Crippen LogP contribution in [-0.4, -0.2) is 45.8 Å². The minimum absolute atomic E-state index is 0.00726. The largest absolute Gasteiger partial charge is 0.493 e. The third-order valence-electron chi connectivity index (χ3n) is 4.87. The number of fused-ring (bicyclic) bond motifs is 1. The minimum Gasteiger partial charge on any atom is -0.493 e. The number of methoxy groups -OCH3 is 4. The van der Waals surface area contributed by atoms with Crippen molar-refractivity contribution in [1.82, 2.24) is 4.90 Å². The lowest BCUT2D eigenvalue weighted by Gasteiger charge is -2.31. The highest BCUT2D eigenvalue weighted by Gasteiger charge is 2.26. The normalized spacial score (nSPS) is 14.5. The molecule has 0 atom stereocenters. The molecule has 0 N–H and O–H groups in total. The lowest BCUT2D eigenvalue weighted by molar-refractivity contribution is -0.125. The zero-order valence-corrected chi connectivity index (χ0v) is 16.9. The Morgan fingerprint density at radius 3 is 2.11 bits per heavy atom. The molecule has 6 nitrogen and oxygen atoms in total. The Hall–Kier alpha value is -3.15. The predicted molar refractivity (Wildman–Crippen MR) is 108 cm³/mol. The maximum atomic E-state index is 12.3. The molecule has 1 aliphatic rings. The molecular formula is C22H25NO5. The maximum Gasteiger partial charge on any atom is 0.223 e. The summed E-state index contributed by atoms with van der Waals surface area (Å²) in [5.41, 5.74) is 3.79. The van der Waals surface area contributed by atoms with Gasteiger partial charge in [-0.2, -0.15) is 0 Å². The van der Waals surface area contributed by atoms with Crippen LogP contribution < -0.4 is 18.9 Å². The van der Waals surface area contributed by atoms with Gasteiger partial charge in [-0.05, 0) is 47.9 Å². The first-order chi connectivity index (χ1) is 13.5. The van der Waals surface area contributed by atoms with Gasteiger partial charge in [0, 0.05) is 19.0 Å². The van der Waals surface area contributed by atoms with Gasteiger partial charge >= 0.3 is 0 Å².